The molecule has 0 aromatic heterocycles. The van der Waals surface area contributed by atoms with Gasteiger partial charge in [0.15, 0.2) is 6.61 Å². The SMILES string of the molecule is CCCCNC(=O)C(C)N(Cc1ccccc1F)C(=O)COc1ccc(CC)cc1Br. The molecule has 0 heterocycles. The molecular formula is C24H30BrFN2O3. The first-order chi connectivity index (χ1) is 14.9. The third-order valence-electron chi connectivity index (χ3n) is 5.05. The third-order valence-corrected chi connectivity index (χ3v) is 5.67. The van der Waals surface area contributed by atoms with Gasteiger partial charge in [-0.05, 0) is 59.5 Å². The van der Waals surface area contributed by atoms with Crippen molar-refractivity contribution < 1.29 is 18.7 Å². The molecule has 0 aliphatic carbocycles. The van der Waals surface area contributed by atoms with Crippen LogP contribution in [0.2, 0.25) is 0 Å². The van der Waals surface area contributed by atoms with Gasteiger partial charge in [-0.1, -0.05) is 44.5 Å². The molecule has 5 nitrogen and oxygen atoms in total. The number of aryl methyl sites for hydroxylation is 1. The van der Waals surface area contributed by atoms with Crippen molar-refractivity contribution >= 4 is 27.7 Å². The van der Waals surface area contributed by atoms with Crippen LogP contribution in [0.25, 0.3) is 0 Å². The van der Waals surface area contributed by atoms with E-state index in [-0.39, 0.29) is 19.1 Å². The van der Waals surface area contributed by atoms with Crippen LogP contribution < -0.4 is 10.1 Å². The van der Waals surface area contributed by atoms with Gasteiger partial charge in [0.2, 0.25) is 5.91 Å². The van der Waals surface area contributed by atoms with E-state index in [9.17, 15) is 14.0 Å². The van der Waals surface area contributed by atoms with Crippen molar-refractivity contribution in [2.75, 3.05) is 13.2 Å². The van der Waals surface area contributed by atoms with Crippen molar-refractivity contribution in [3.63, 3.8) is 0 Å². The molecule has 31 heavy (non-hydrogen) atoms. The summed E-state index contributed by atoms with van der Waals surface area (Å²) in [5.41, 5.74) is 1.49. The summed E-state index contributed by atoms with van der Waals surface area (Å²) < 4.78 is 20.7. The zero-order chi connectivity index (χ0) is 22.8. The number of benzene rings is 2. The highest BCUT2D eigenvalue weighted by molar-refractivity contribution is 9.10. The predicted molar refractivity (Wildman–Crippen MR) is 123 cm³/mol. The van der Waals surface area contributed by atoms with Gasteiger partial charge < -0.3 is 15.0 Å². The minimum atomic E-state index is -0.765. The Bertz CT molecular complexity index is 891. The van der Waals surface area contributed by atoms with Crippen molar-refractivity contribution in [1.82, 2.24) is 10.2 Å². The highest BCUT2D eigenvalue weighted by Gasteiger charge is 2.27. The summed E-state index contributed by atoms with van der Waals surface area (Å²) in [5.74, 6) is -0.548. The second-order valence-electron chi connectivity index (χ2n) is 7.34. The Morgan fingerprint density at radius 2 is 1.94 bits per heavy atom. The molecule has 0 radical (unpaired) electrons. The molecular weight excluding hydrogens is 463 g/mol. The summed E-state index contributed by atoms with van der Waals surface area (Å²) in [4.78, 5) is 27.0. The van der Waals surface area contributed by atoms with E-state index < -0.39 is 17.8 Å². The topological polar surface area (TPSA) is 58.6 Å². The van der Waals surface area contributed by atoms with Crippen molar-refractivity contribution in [2.45, 2.75) is 52.6 Å². The van der Waals surface area contributed by atoms with Gasteiger partial charge in [-0.3, -0.25) is 9.59 Å². The molecule has 7 heteroatoms. The smallest absolute Gasteiger partial charge is 0.261 e. The highest BCUT2D eigenvalue weighted by atomic mass is 79.9. The van der Waals surface area contributed by atoms with E-state index in [1.165, 1.54) is 11.0 Å². The number of nitrogens with zero attached hydrogens (tertiary/aromatic N) is 1. The second-order valence-corrected chi connectivity index (χ2v) is 8.19. The van der Waals surface area contributed by atoms with Gasteiger partial charge in [0.1, 0.15) is 17.6 Å². The van der Waals surface area contributed by atoms with Gasteiger partial charge >= 0.3 is 0 Å². The lowest BCUT2D eigenvalue weighted by molar-refractivity contribution is -0.142. The van der Waals surface area contributed by atoms with Gasteiger partial charge in [0, 0.05) is 18.7 Å². The average Bonchev–Trinajstić information content (AvgIpc) is 2.77. The van der Waals surface area contributed by atoms with Crippen LogP contribution in [0, 0.1) is 5.82 Å². The van der Waals surface area contributed by atoms with E-state index >= 15 is 0 Å². The minimum Gasteiger partial charge on any atom is -0.483 e. The standard InChI is InChI=1S/C24H30BrFN2O3/c1-4-6-13-27-24(30)17(3)28(15-19-9-7-8-10-21(19)26)23(29)16-31-22-12-11-18(5-2)14-20(22)25/h7-12,14,17H,4-6,13,15-16H2,1-3H3,(H,27,30). The summed E-state index contributed by atoms with van der Waals surface area (Å²) in [6.45, 7) is 5.99. The quantitative estimate of drug-likeness (QED) is 0.455. The molecule has 1 atom stereocenters. The Balaban J connectivity index is 2.15. The monoisotopic (exact) mass is 492 g/mol. The Morgan fingerprint density at radius 3 is 2.58 bits per heavy atom. The first kappa shape index (κ1) is 24.9. The van der Waals surface area contributed by atoms with E-state index in [2.05, 4.69) is 28.2 Å². The highest BCUT2D eigenvalue weighted by Crippen LogP contribution is 2.26. The third kappa shape index (κ3) is 7.35. The molecule has 168 valence electrons. The van der Waals surface area contributed by atoms with Crippen molar-refractivity contribution in [2.24, 2.45) is 0 Å². The Morgan fingerprint density at radius 1 is 1.19 bits per heavy atom. The molecule has 0 bridgehead atoms. The molecule has 0 aliphatic heterocycles. The number of carbonyl (C=O) groups is 2. The van der Waals surface area contributed by atoms with Crippen molar-refractivity contribution in [3.8, 4) is 5.75 Å². The number of rotatable bonds is 11. The molecule has 2 aromatic rings. The number of hydrogen-bond acceptors (Lipinski definition) is 3. The van der Waals surface area contributed by atoms with Crippen LogP contribution in [0.4, 0.5) is 4.39 Å². The lowest BCUT2D eigenvalue weighted by atomic mass is 10.1. The van der Waals surface area contributed by atoms with Gasteiger partial charge in [0.05, 0.1) is 4.47 Å². The second kappa shape index (κ2) is 12.4. The van der Waals surface area contributed by atoms with Gasteiger partial charge in [-0.15, -0.1) is 0 Å². The number of ether oxygens (including phenoxy) is 1. The van der Waals surface area contributed by atoms with Crippen LogP contribution in [0.3, 0.4) is 0 Å². The normalized spacial score (nSPS) is 11.6. The van der Waals surface area contributed by atoms with Crippen molar-refractivity contribution in [3.05, 3.63) is 63.9 Å². The maximum atomic E-state index is 14.2. The van der Waals surface area contributed by atoms with E-state index in [1.54, 1.807) is 31.2 Å². The maximum absolute atomic E-state index is 14.2. The zero-order valence-corrected chi connectivity index (χ0v) is 19.9. The Hall–Kier alpha value is -2.41. The van der Waals surface area contributed by atoms with Gasteiger partial charge in [-0.2, -0.15) is 0 Å². The molecule has 0 saturated carbocycles. The van der Waals surface area contributed by atoms with Crippen LogP contribution in [0.5, 0.6) is 5.75 Å². The van der Waals surface area contributed by atoms with Gasteiger partial charge in [-0.25, -0.2) is 4.39 Å². The molecule has 2 rings (SSSR count). The molecule has 2 aromatic carbocycles. The first-order valence-electron chi connectivity index (χ1n) is 10.6. The summed E-state index contributed by atoms with van der Waals surface area (Å²) in [5, 5.41) is 2.84. The Labute approximate surface area is 192 Å². The largest absolute Gasteiger partial charge is 0.483 e. The molecule has 0 saturated heterocycles. The zero-order valence-electron chi connectivity index (χ0n) is 18.3. The number of hydrogen-bond donors (Lipinski definition) is 1. The fraction of sp³-hybridized carbons (Fsp3) is 0.417. The van der Waals surface area contributed by atoms with E-state index in [0.717, 1.165) is 29.3 Å². The molecule has 1 N–H and O–H groups in total. The molecule has 2 amide bonds. The summed E-state index contributed by atoms with van der Waals surface area (Å²) in [6.07, 6.45) is 2.69. The molecule has 1 unspecified atom stereocenters. The number of halogens is 2. The Kier molecular flexibility index (Phi) is 9.98. The van der Waals surface area contributed by atoms with E-state index in [0.29, 0.717) is 17.9 Å². The predicted octanol–water partition coefficient (Wildman–Crippen LogP) is 4.86. The number of amides is 2. The lowest BCUT2D eigenvalue weighted by Gasteiger charge is -2.29. The van der Waals surface area contributed by atoms with Crippen LogP contribution >= 0.6 is 15.9 Å². The average molecular weight is 493 g/mol. The van der Waals surface area contributed by atoms with E-state index in [4.69, 9.17) is 4.74 Å². The van der Waals surface area contributed by atoms with Crippen LogP contribution in [0.15, 0.2) is 46.9 Å². The summed E-state index contributed by atoms with van der Waals surface area (Å²) in [6, 6.07) is 11.2. The fourth-order valence-electron chi connectivity index (χ4n) is 3.03. The van der Waals surface area contributed by atoms with Crippen LogP contribution in [-0.4, -0.2) is 35.9 Å². The maximum Gasteiger partial charge on any atom is 0.261 e. The first-order valence-corrected chi connectivity index (χ1v) is 11.4. The van der Waals surface area contributed by atoms with Crippen molar-refractivity contribution in [1.29, 1.82) is 0 Å². The van der Waals surface area contributed by atoms with Gasteiger partial charge in [0.25, 0.3) is 5.91 Å². The number of carbonyl (C=O) groups excluding carboxylic acids is 2. The fourth-order valence-corrected chi connectivity index (χ4v) is 3.57. The molecule has 0 fully saturated rings. The van der Waals surface area contributed by atoms with Crippen LogP contribution in [0.1, 0.15) is 44.7 Å². The lowest BCUT2D eigenvalue weighted by Crippen LogP contribution is -2.49. The van der Waals surface area contributed by atoms with E-state index in [1.807, 2.05) is 19.1 Å². The molecule has 0 aliphatic rings. The summed E-state index contributed by atoms with van der Waals surface area (Å²) >= 11 is 3.46. The number of unbranched alkanes of at least 4 members (excludes halogenated alkanes) is 1. The number of nitrogens with one attached hydrogen (secondary N) is 1. The minimum absolute atomic E-state index is 0.0207. The summed E-state index contributed by atoms with van der Waals surface area (Å²) in [7, 11) is 0. The van der Waals surface area contributed by atoms with Crippen LogP contribution in [-0.2, 0) is 22.6 Å². The molecule has 0 spiro atoms.